The fourth-order valence-electron chi connectivity index (χ4n) is 4.19. The summed E-state index contributed by atoms with van der Waals surface area (Å²) in [4.78, 5) is 11.7. The van der Waals surface area contributed by atoms with Gasteiger partial charge in [0.25, 0.3) is 12.4 Å². The number of halogens is 5. The number of imidazole rings is 1. The van der Waals surface area contributed by atoms with E-state index in [-0.39, 0.29) is 37.6 Å². The minimum atomic E-state index is -2.57. The topological polar surface area (TPSA) is 78.5 Å². The van der Waals surface area contributed by atoms with Crippen molar-refractivity contribution in [2.45, 2.75) is 43.7 Å². The number of pyridine rings is 1. The van der Waals surface area contributed by atoms with Crippen molar-refractivity contribution in [3.05, 3.63) is 52.2 Å². The Balaban J connectivity index is 1.26. The van der Waals surface area contributed by atoms with Crippen LogP contribution in [-0.4, -0.2) is 65.6 Å². The molecule has 182 valence electrons. The number of rotatable bonds is 8. The van der Waals surface area contributed by atoms with Crippen molar-refractivity contribution in [1.82, 2.24) is 15.0 Å². The summed E-state index contributed by atoms with van der Waals surface area (Å²) in [6.07, 6.45) is -4.39. The maximum atomic E-state index is 13.9. The smallest absolute Gasteiger partial charge is 0.296 e. The van der Waals surface area contributed by atoms with Crippen molar-refractivity contribution < 1.29 is 36.5 Å². The van der Waals surface area contributed by atoms with Gasteiger partial charge in [0.05, 0.1) is 29.4 Å². The van der Waals surface area contributed by atoms with E-state index in [4.69, 9.17) is 30.5 Å². The van der Waals surface area contributed by atoms with Gasteiger partial charge in [-0.05, 0) is 31.0 Å². The third-order valence-electron chi connectivity index (χ3n) is 5.81. The summed E-state index contributed by atoms with van der Waals surface area (Å²) in [5.41, 5.74) is 1.25. The Bertz CT molecular complexity index is 1160. The Hall–Kier alpha value is -2.47. The second-order valence-corrected chi connectivity index (χ2v) is 8.45. The molecule has 0 unspecified atom stereocenters. The number of H-pyrrole nitrogens is 1. The Morgan fingerprint density at radius 2 is 1.76 bits per heavy atom. The van der Waals surface area contributed by atoms with Gasteiger partial charge in [0.15, 0.2) is 11.8 Å². The number of fused-ring (bicyclic) bond motifs is 2. The number of nitrogens with one attached hydrogen (secondary N) is 1. The number of hydrogen-bond donors (Lipinski definition) is 1. The summed E-state index contributed by atoms with van der Waals surface area (Å²) in [7, 11) is 0. The molecular formula is C22H20ClF4N3O4. The second-order valence-electron chi connectivity index (χ2n) is 8.05. The van der Waals surface area contributed by atoms with Gasteiger partial charge in [-0.25, -0.2) is 22.5 Å². The van der Waals surface area contributed by atoms with Gasteiger partial charge in [-0.1, -0.05) is 17.7 Å². The van der Waals surface area contributed by atoms with E-state index < -0.39 is 49.1 Å². The van der Waals surface area contributed by atoms with Gasteiger partial charge in [-0.2, -0.15) is 4.98 Å². The molecule has 34 heavy (non-hydrogen) atoms. The summed E-state index contributed by atoms with van der Waals surface area (Å²) in [6, 6.07) is 5.48. The Labute approximate surface area is 196 Å². The van der Waals surface area contributed by atoms with E-state index in [1.165, 1.54) is 18.2 Å². The van der Waals surface area contributed by atoms with E-state index in [9.17, 15) is 17.6 Å². The summed E-state index contributed by atoms with van der Waals surface area (Å²) in [5.74, 6) is -1.25. The predicted octanol–water partition coefficient (Wildman–Crippen LogP) is 3.87. The number of aryl methyl sites for hydroxylation is 1. The van der Waals surface area contributed by atoms with Crippen LogP contribution >= 0.6 is 11.6 Å². The van der Waals surface area contributed by atoms with Gasteiger partial charge in [0.1, 0.15) is 36.6 Å². The molecule has 1 N–H and O–H groups in total. The fourth-order valence-corrected chi connectivity index (χ4v) is 4.44. The molecule has 5 rings (SSSR count). The van der Waals surface area contributed by atoms with E-state index in [0.717, 1.165) is 0 Å². The van der Waals surface area contributed by atoms with Crippen LogP contribution in [0.3, 0.4) is 0 Å². The third kappa shape index (κ3) is 4.70. The average molecular weight is 502 g/mol. The van der Waals surface area contributed by atoms with Gasteiger partial charge >= 0.3 is 0 Å². The lowest BCUT2D eigenvalue weighted by molar-refractivity contribution is -0.0700. The first-order valence-electron chi connectivity index (χ1n) is 10.7. The van der Waals surface area contributed by atoms with Crippen molar-refractivity contribution in [1.29, 1.82) is 0 Å². The molecule has 1 aromatic carbocycles. The molecule has 2 fully saturated rings. The van der Waals surface area contributed by atoms with Gasteiger partial charge < -0.3 is 23.9 Å². The fraction of sp³-hybridized carbons (Fsp3) is 0.455. The standard InChI is InChI=1S/C22H20ClF4N3O4/c23-11-6-15-21(28-14(11)5-4-10-12(24)2-1-3-13(10)25)30-22(29-15)34-17-8-33-19-16(7-32-20(17)19)31-9-18(26)27/h1-3,6,16-20H,4-5,7-9H2,(H,28,29,30)/t16-,17-,19-,20-/m1/s1. The highest BCUT2D eigenvalue weighted by Gasteiger charge is 2.50. The van der Waals surface area contributed by atoms with Gasteiger partial charge in [0, 0.05) is 5.56 Å². The van der Waals surface area contributed by atoms with Crippen LogP contribution in [0.5, 0.6) is 6.01 Å². The van der Waals surface area contributed by atoms with E-state index in [2.05, 4.69) is 15.0 Å². The van der Waals surface area contributed by atoms with Crippen molar-refractivity contribution in [2.75, 3.05) is 19.8 Å². The van der Waals surface area contributed by atoms with E-state index >= 15 is 0 Å². The first-order valence-corrected chi connectivity index (χ1v) is 11.0. The van der Waals surface area contributed by atoms with Crippen LogP contribution in [0.25, 0.3) is 11.2 Å². The average Bonchev–Trinajstić information content (AvgIpc) is 3.48. The summed E-state index contributed by atoms with van der Waals surface area (Å²) in [5, 5.41) is 0.321. The number of ether oxygens (including phenoxy) is 4. The van der Waals surface area contributed by atoms with Crippen LogP contribution in [0.15, 0.2) is 24.3 Å². The SMILES string of the molecule is Fc1cccc(F)c1CCc1nc2nc(O[C@@H]3CO[C@H]4[C@@H]3OC[C@H]4OCC(F)F)[nH]c2cc1Cl. The first kappa shape index (κ1) is 23.3. The number of hydrogen-bond acceptors (Lipinski definition) is 6. The Morgan fingerprint density at radius 3 is 2.50 bits per heavy atom. The number of alkyl halides is 2. The highest BCUT2D eigenvalue weighted by atomic mass is 35.5. The van der Waals surface area contributed by atoms with Crippen molar-refractivity contribution in [3.63, 3.8) is 0 Å². The van der Waals surface area contributed by atoms with Crippen LogP contribution in [-0.2, 0) is 27.1 Å². The molecule has 3 aromatic rings. The van der Waals surface area contributed by atoms with Crippen LogP contribution in [0, 0.1) is 11.6 Å². The molecule has 12 heteroatoms. The molecule has 7 nitrogen and oxygen atoms in total. The minimum absolute atomic E-state index is 0.0327. The molecule has 4 atom stereocenters. The minimum Gasteiger partial charge on any atom is -0.456 e. The first-order chi connectivity index (χ1) is 16.4. The lowest BCUT2D eigenvalue weighted by Crippen LogP contribution is -2.36. The maximum absolute atomic E-state index is 13.9. The normalized spacial score (nSPS) is 24.3. The quantitative estimate of drug-likeness (QED) is 0.472. The lowest BCUT2D eigenvalue weighted by Gasteiger charge is -2.16. The summed E-state index contributed by atoms with van der Waals surface area (Å²) >= 11 is 6.32. The molecule has 0 spiro atoms. The lowest BCUT2D eigenvalue weighted by atomic mass is 10.1. The largest absolute Gasteiger partial charge is 0.456 e. The van der Waals surface area contributed by atoms with Crippen LogP contribution in [0.2, 0.25) is 5.02 Å². The van der Waals surface area contributed by atoms with Crippen molar-refractivity contribution in [2.24, 2.45) is 0 Å². The van der Waals surface area contributed by atoms with Gasteiger partial charge in [-0.15, -0.1) is 0 Å². The number of aromatic amines is 1. The molecule has 0 amide bonds. The predicted molar refractivity (Wildman–Crippen MR) is 112 cm³/mol. The molecule has 4 heterocycles. The molecule has 2 saturated heterocycles. The zero-order valence-electron chi connectivity index (χ0n) is 17.6. The molecule has 0 saturated carbocycles. The molecule has 2 aliphatic rings. The summed E-state index contributed by atoms with van der Waals surface area (Å²) in [6.45, 7) is -0.381. The molecular weight excluding hydrogens is 482 g/mol. The molecule has 2 aromatic heterocycles. The van der Waals surface area contributed by atoms with Gasteiger partial charge in [-0.3, -0.25) is 0 Å². The van der Waals surface area contributed by atoms with Crippen LogP contribution in [0.4, 0.5) is 17.6 Å². The van der Waals surface area contributed by atoms with Crippen LogP contribution in [0.1, 0.15) is 11.3 Å². The monoisotopic (exact) mass is 501 g/mol. The second kappa shape index (κ2) is 9.65. The molecule has 0 radical (unpaired) electrons. The number of aromatic nitrogens is 3. The number of benzene rings is 1. The third-order valence-corrected chi connectivity index (χ3v) is 6.14. The van der Waals surface area contributed by atoms with E-state index in [1.807, 2.05) is 0 Å². The van der Waals surface area contributed by atoms with Crippen molar-refractivity contribution >= 4 is 22.8 Å². The van der Waals surface area contributed by atoms with Gasteiger partial charge in [0.2, 0.25) is 0 Å². The highest BCUT2D eigenvalue weighted by Crippen LogP contribution is 2.32. The van der Waals surface area contributed by atoms with E-state index in [1.54, 1.807) is 6.07 Å². The molecule has 2 aliphatic heterocycles. The molecule has 0 aliphatic carbocycles. The van der Waals surface area contributed by atoms with Crippen molar-refractivity contribution in [3.8, 4) is 6.01 Å². The Kier molecular flexibility index (Phi) is 6.61. The molecule has 0 bridgehead atoms. The van der Waals surface area contributed by atoms with E-state index in [0.29, 0.717) is 21.9 Å². The zero-order chi connectivity index (χ0) is 23.8. The maximum Gasteiger partial charge on any atom is 0.296 e. The summed E-state index contributed by atoms with van der Waals surface area (Å²) < 4.78 is 75.0. The number of nitrogens with zero attached hydrogens (tertiary/aromatic N) is 2. The Morgan fingerprint density at radius 1 is 1.06 bits per heavy atom. The van der Waals surface area contributed by atoms with Crippen LogP contribution < -0.4 is 4.74 Å². The highest BCUT2D eigenvalue weighted by molar-refractivity contribution is 6.31. The zero-order valence-corrected chi connectivity index (χ0v) is 18.4.